The summed E-state index contributed by atoms with van der Waals surface area (Å²) in [4.78, 5) is 25.5. The van der Waals surface area contributed by atoms with E-state index in [1.165, 1.54) is 21.5 Å². The molecule has 0 bridgehead atoms. The van der Waals surface area contributed by atoms with E-state index in [9.17, 15) is 0 Å². The fraction of sp³-hybridized carbons (Fsp3) is 0. The van der Waals surface area contributed by atoms with Gasteiger partial charge < -0.3 is 0 Å². The molecule has 0 amide bonds. The first kappa shape index (κ1) is 31.7. The molecule has 11 aromatic rings. The molecule has 0 saturated heterocycles. The Kier molecular flexibility index (Phi) is 7.35. The predicted octanol–water partition coefficient (Wildman–Crippen LogP) is 11.5. The molecule has 4 aromatic carbocycles. The number of hydrogen-bond donors (Lipinski definition) is 0. The monoisotopic (exact) mass is 717 g/mol. The molecule has 0 aliphatic carbocycles. The molecule has 0 spiro atoms. The van der Waals surface area contributed by atoms with Crippen molar-refractivity contribution in [2.75, 3.05) is 0 Å². The van der Waals surface area contributed by atoms with Gasteiger partial charge in [-0.3, -0.25) is 9.13 Å². The molecular weight excluding hydrogens is 687 g/mol. The van der Waals surface area contributed by atoms with E-state index in [1.54, 1.807) is 0 Å². The Morgan fingerprint density at radius 2 is 0.446 bits per heavy atom. The zero-order chi connectivity index (χ0) is 37.0. The first-order valence-electron chi connectivity index (χ1n) is 18.6. The topological polar surface area (TPSA) is 74.3 Å². The van der Waals surface area contributed by atoms with Crippen molar-refractivity contribution >= 4 is 43.6 Å². The Morgan fingerprint density at radius 3 is 0.732 bits per heavy atom. The highest BCUT2D eigenvalue weighted by Gasteiger charge is 2.16. The van der Waals surface area contributed by atoms with E-state index in [0.29, 0.717) is 0 Å². The van der Waals surface area contributed by atoms with Crippen LogP contribution in [0.3, 0.4) is 0 Å². The van der Waals surface area contributed by atoms with Crippen LogP contribution in [-0.2, 0) is 0 Å². The van der Waals surface area contributed by atoms with Crippen molar-refractivity contribution in [2.45, 2.75) is 0 Å². The van der Waals surface area contributed by atoms with Crippen molar-refractivity contribution in [3.8, 4) is 57.2 Å². The van der Waals surface area contributed by atoms with Crippen molar-refractivity contribution < 1.29 is 0 Å². The summed E-state index contributed by atoms with van der Waals surface area (Å²) in [6.07, 6.45) is 0. The fourth-order valence-corrected chi connectivity index (χ4v) is 7.88. The Hall–Kier alpha value is -7.77. The maximum absolute atomic E-state index is 5.14. The number of rotatable bonds is 6. The van der Waals surface area contributed by atoms with Crippen molar-refractivity contribution in [3.05, 3.63) is 188 Å². The maximum Gasteiger partial charge on any atom is 0.138 e. The number of benzene rings is 4. The molecule has 7 nitrogen and oxygen atoms in total. The number of aromatic nitrogens is 7. The molecule has 0 aliphatic rings. The van der Waals surface area contributed by atoms with Crippen LogP contribution in [0.4, 0.5) is 0 Å². The van der Waals surface area contributed by atoms with Crippen LogP contribution in [0.1, 0.15) is 0 Å². The van der Waals surface area contributed by atoms with Gasteiger partial charge in [-0.2, -0.15) is 0 Å². The molecule has 0 radical (unpaired) electrons. The van der Waals surface area contributed by atoms with Crippen LogP contribution >= 0.6 is 0 Å². The zero-order valence-corrected chi connectivity index (χ0v) is 30.0. The molecule has 0 atom stereocenters. The van der Waals surface area contributed by atoms with Gasteiger partial charge in [-0.05, 0) is 84.9 Å². The summed E-state index contributed by atoms with van der Waals surface area (Å²) < 4.78 is 4.45. The summed E-state index contributed by atoms with van der Waals surface area (Å²) >= 11 is 0. The molecule has 0 N–H and O–H groups in total. The van der Waals surface area contributed by atoms with Gasteiger partial charge in [0, 0.05) is 21.5 Å². The van der Waals surface area contributed by atoms with Crippen LogP contribution in [0.2, 0.25) is 0 Å². The lowest BCUT2D eigenvalue weighted by atomic mass is 10.1. The van der Waals surface area contributed by atoms with Crippen LogP contribution in [-0.4, -0.2) is 34.1 Å². The molecule has 7 heterocycles. The minimum atomic E-state index is 0.751. The normalized spacial score (nSPS) is 11.6. The lowest BCUT2D eigenvalue weighted by Crippen LogP contribution is -2.00. The maximum atomic E-state index is 5.14. The van der Waals surface area contributed by atoms with E-state index in [-0.39, 0.29) is 0 Å². The number of para-hydroxylation sites is 4. The average molecular weight is 718 g/mol. The molecule has 11 rings (SSSR count). The van der Waals surface area contributed by atoms with E-state index in [2.05, 4.69) is 118 Å². The van der Waals surface area contributed by atoms with E-state index < -0.39 is 0 Å². The largest absolute Gasteiger partial charge is 0.294 e. The second kappa shape index (κ2) is 13.0. The van der Waals surface area contributed by atoms with Crippen LogP contribution < -0.4 is 0 Å². The SMILES string of the molecule is c1cc(-c2cccc(-c3cccc(-n4c5ccccc5c5ccccc54)n3)n2)nc(-c2cccc(-c3cccc(-n4c5ccccc5c5ccccc54)n3)n2)c1. The molecule has 7 heteroatoms. The van der Waals surface area contributed by atoms with Gasteiger partial charge in [-0.25, -0.2) is 24.9 Å². The Bertz CT molecular complexity index is 2960. The van der Waals surface area contributed by atoms with Gasteiger partial charge in [0.15, 0.2) is 0 Å². The average Bonchev–Trinajstić information content (AvgIpc) is 3.80. The van der Waals surface area contributed by atoms with E-state index in [0.717, 1.165) is 79.3 Å². The Balaban J connectivity index is 0.929. The summed E-state index contributed by atoms with van der Waals surface area (Å²) in [6, 6.07) is 64.0. The lowest BCUT2D eigenvalue weighted by molar-refractivity contribution is 1.08. The van der Waals surface area contributed by atoms with Gasteiger partial charge in [-0.1, -0.05) is 103 Å². The third-order valence-corrected chi connectivity index (χ3v) is 10.4. The molecule has 0 unspecified atom stereocenters. The second-order valence-electron chi connectivity index (χ2n) is 13.7. The van der Waals surface area contributed by atoms with Gasteiger partial charge in [0.05, 0.1) is 67.6 Å². The first-order valence-corrected chi connectivity index (χ1v) is 18.6. The number of hydrogen-bond acceptors (Lipinski definition) is 5. The molecule has 56 heavy (non-hydrogen) atoms. The highest BCUT2D eigenvalue weighted by molar-refractivity contribution is 6.10. The van der Waals surface area contributed by atoms with Crippen molar-refractivity contribution in [1.82, 2.24) is 34.1 Å². The van der Waals surface area contributed by atoms with Crippen molar-refractivity contribution in [2.24, 2.45) is 0 Å². The second-order valence-corrected chi connectivity index (χ2v) is 13.7. The number of fused-ring (bicyclic) bond motifs is 6. The molecule has 262 valence electrons. The summed E-state index contributed by atoms with van der Waals surface area (Å²) in [7, 11) is 0. The van der Waals surface area contributed by atoms with Crippen LogP contribution in [0, 0.1) is 0 Å². The third-order valence-electron chi connectivity index (χ3n) is 10.4. The summed E-state index contributed by atoms with van der Waals surface area (Å²) in [6.45, 7) is 0. The quantitative estimate of drug-likeness (QED) is 0.171. The molecule has 0 aliphatic heterocycles. The minimum Gasteiger partial charge on any atom is -0.294 e. The molecule has 7 aromatic heterocycles. The highest BCUT2D eigenvalue weighted by Crippen LogP contribution is 2.34. The van der Waals surface area contributed by atoms with Gasteiger partial charge >= 0.3 is 0 Å². The predicted molar refractivity (Wildman–Crippen MR) is 226 cm³/mol. The standard InChI is InChI=1S/C49H31N7/c1-5-26-44-32(14-1)33-15-2-6-27-45(33)55(44)48-30-12-24-42(53-48)40-22-10-20-38(51-40)36-18-9-19-37(50-36)39-21-11-23-41(52-39)43-25-13-31-49(54-43)56-46-28-7-3-16-34(46)35-17-4-8-29-47(35)56/h1-31H. The summed E-state index contributed by atoms with van der Waals surface area (Å²) in [5, 5.41) is 4.80. The first-order chi connectivity index (χ1) is 27.8. The van der Waals surface area contributed by atoms with E-state index in [1.807, 2.05) is 78.9 Å². The zero-order valence-electron chi connectivity index (χ0n) is 30.0. The molecule has 0 fully saturated rings. The molecule has 0 saturated carbocycles. The number of pyridine rings is 5. The summed E-state index contributed by atoms with van der Waals surface area (Å²) in [5.74, 6) is 1.68. The molecular formula is C49H31N7. The van der Waals surface area contributed by atoms with Crippen molar-refractivity contribution in [3.63, 3.8) is 0 Å². The van der Waals surface area contributed by atoms with Crippen LogP contribution in [0.25, 0.3) is 101 Å². The van der Waals surface area contributed by atoms with Gasteiger partial charge in [0.25, 0.3) is 0 Å². The lowest BCUT2D eigenvalue weighted by Gasteiger charge is -2.10. The fourth-order valence-electron chi connectivity index (χ4n) is 7.88. The minimum absolute atomic E-state index is 0.751. The highest BCUT2D eigenvalue weighted by atomic mass is 15.1. The summed E-state index contributed by atoms with van der Waals surface area (Å²) in [5.41, 5.74) is 10.6. The van der Waals surface area contributed by atoms with Gasteiger partial charge in [0.2, 0.25) is 0 Å². The number of nitrogens with zero attached hydrogens (tertiary/aromatic N) is 7. The third kappa shape index (κ3) is 5.25. The van der Waals surface area contributed by atoms with E-state index >= 15 is 0 Å². The Morgan fingerprint density at radius 1 is 0.214 bits per heavy atom. The Labute approximate surface area is 321 Å². The van der Waals surface area contributed by atoms with Crippen LogP contribution in [0.5, 0.6) is 0 Å². The van der Waals surface area contributed by atoms with Crippen LogP contribution in [0.15, 0.2) is 188 Å². The van der Waals surface area contributed by atoms with Gasteiger partial charge in [0.1, 0.15) is 11.6 Å². The van der Waals surface area contributed by atoms with E-state index in [4.69, 9.17) is 24.9 Å². The van der Waals surface area contributed by atoms with Gasteiger partial charge in [-0.15, -0.1) is 0 Å². The van der Waals surface area contributed by atoms with Crippen molar-refractivity contribution in [1.29, 1.82) is 0 Å². The smallest absolute Gasteiger partial charge is 0.138 e.